The van der Waals surface area contributed by atoms with E-state index in [2.05, 4.69) is 12.7 Å². The van der Waals surface area contributed by atoms with E-state index >= 15 is 0 Å². The molecule has 0 aromatic rings. The first-order chi connectivity index (χ1) is 4.15. The molecule has 0 aromatic carbocycles. The topological polar surface area (TPSA) is 96.8 Å². The Balaban J connectivity index is 0. The van der Waals surface area contributed by atoms with E-state index in [1.807, 2.05) is 0 Å². The number of unbranched alkanes of at least 4 members (excludes halogenated alkanes) is 1. The van der Waals surface area contributed by atoms with Gasteiger partial charge in [-0.25, -0.2) is 0 Å². The molecular weight excluding hydrogens is 190 g/mol. The predicted molar refractivity (Wildman–Crippen MR) is 22.7 cm³/mol. The Kier molecular flexibility index (Phi) is 14.9. The summed E-state index contributed by atoms with van der Waals surface area (Å²) in [6.45, 7) is 3.27. The van der Waals surface area contributed by atoms with E-state index in [1.165, 1.54) is 12.8 Å². The van der Waals surface area contributed by atoms with E-state index in [9.17, 15) is 0 Å². The minimum absolute atomic E-state index is 1.09. The summed E-state index contributed by atoms with van der Waals surface area (Å²) in [4.78, 5) is 0. The van der Waals surface area contributed by atoms with E-state index < -0.39 is 14.8 Å². The highest BCUT2D eigenvalue weighted by atomic mass is 80.0. The minimum atomic E-state index is -3.65. The standard InChI is InChI=1S/C4H11N.BrO3/c1-2-3-4-5;2-1(3)4/h2-5H2,1H3;/q;-1/p+1. The van der Waals surface area contributed by atoms with Gasteiger partial charge in [-0.1, -0.05) is 13.3 Å². The first-order valence-electron chi connectivity index (χ1n) is 2.67. The Labute approximate surface area is 60.1 Å². The van der Waals surface area contributed by atoms with Crippen molar-refractivity contribution in [2.45, 2.75) is 19.8 Å². The molecule has 0 rings (SSSR count). The molecule has 0 aliphatic carbocycles. The quantitative estimate of drug-likeness (QED) is 0.502. The van der Waals surface area contributed by atoms with Crippen LogP contribution in [0, 0.1) is 14.8 Å². The number of halogens is 1. The van der Waals surface area contributed by atoms with Crippen LogP contribution in [0.25, 0.3) is 0 Å². The Bertz CT molecular complexity index is 40.0. The van der Waals surface area contributed by atoms with Gasteiger partial charge in [0.05, 0.1) is 6.54 Å². The summed E-state index contributed by atoms with van der Waals surface area (Å²) in [5.74, 6) is 0. The molecule has 0 spiro atoms. The zero-order chi connectivity index (χ0) is 7.70. The summed E-state index contributed by atoms with van der Waals surface area (Å²) in [7, 11) is 0. The smallest absolute Gasteiger partial charge is 0.216 e. The number of hydrogen-bond donors (Lipinski definition) is 1. The van der Waals surface area contributed by atoms with Crippen molar-refractivity contribution in [1.29, 1.82) is 0 Å². The number of hydrogen-bond acceptors (Lipinski definition) is 3. The fourth-order valence-corrected chi connectivity index (χ4v) is 0.250. The first kappa shape index (κ1) is 12.0. The monoisotopic (exact) mass is 201 g/mol. The SMILES string of the molecule is CCCC[NH3+].[O-][Br+2]([O-])[O-]. The third-order valence-electron chi connectivity index (χ3n) is 0.604. The minimum Gasteiger partial charge on any atom is -0.405 e. The van der Waals surface area contributed by atoms with Gasteiger partial charge < -0.3 is 18.3 Å². The van der Waals surface area contributed by atoms with E-state index in [1.54, 1.807) is 0 Å². The lowest BCUT2D eigenvalue weighted by Crippen LogP contribution is -2.49. The van der Waals surface area contributed by atoms with Crippen molar-refractivity contribution in [3.8, 4) is 0 Å². The maximum Gasteiger partial charge on any atom is 0.216 e. The van der Waals surface area contributed by atoms with Gasteiger partial charge in [0, 0.05) is 0 Å². The van der Waals surface area contributed by atoms with E-state index in [-0.39, 0.29) is 0 Å². The summed E-state index contributed by atoms with van der Waals surface area (Å²) in [5.41, 5.74) is 3.68. The van der Waals surface area contributed by atoms with Gasteiger partial charge in [-0.05, 0) is 6.42 Å². The summed E-state index contributed by atoms with van der Waals surface area (Å²) in [6.07, 6.45) is 2.56. The predicted octanol–water partition coefficient (Wildman–Crippen LogP) is -3.54. The van der Waals surface area contributed by atoms with Crippen LogP contribution >= 0.6 is 0 Å². The van der Waals surface area contributed by atoms with Gasteiger partial charge in [0.15, 0.2) is 0 Å². The summed E-state index contributed by atoms with van der Waals surface area (Å²) in [6, 6.07) is 0. The van der Waals surface area contributed by atoms with Crippen molar-refractivity contribution in [2.75, 3.05) is 6.54 Å². The highest BCUT2D eigenvalue weighted by molar-refractivity contribution is 4.21. The molecule has 0 aromatic heterocycles. The van der Waals surface area contributed by atoms with Gasteiger partial charge >= 0.3 is 0 Å². The Morgan fingerprint density at radius 1 is 1.33 bits per heavy atom. The van der Waals surface area contributed by atoms with Crippen LogP contribution in [0.15, 0.2) is 0 Å². The van der Waals surface area contributed by atoms with Gasteiger partial charge in [-0.15, -0.1) is 0 Å². The zero-order valence-electron chi connectivity index (χ0n) is 5.43. The largest absolute Gasteiger partial charge is 0.405 e. The third kappa shape index (κ3) is 61.7. The average Bonchev–Trinajstić information content (AvgIpc) is 1.66. The van der Waals surface area contributed by atoms with Crippen LogP contribution in [-0.4, -0.2) is 6.54 Å². The van der Waals surface area contributed by atoms with Crippen LogP contribution in [0.4, 0.5) is 0 Å². The second-order valence-corrected chi connectivity index (χ2v) is 2.19. The first-order valence-corrected chi connectivity index (χ1v) is 4.61. The highest BCUT2D eigenvalue weighted by Crippen LogP contribution is 1.75. The van der Waals surface area contributed by atoms with Crippen LogP contribution in [-0.2, 0) is 0 Å². The average molecular weight is 202 g/mol. The second kappa shape index (κ2) is 11.2. The molecule has 9 heavy (non-hydrogen) atoms. The van der Waals surface area contributed by atoms with Crippen molar-refractivity contribution in [1.82, 2.24) is 0 Å². The maximum absolute atomic E-state index is 8.52. The van der Waals surface area contributed by atoms with Gasteiger partial charge in [-0.3, -0.25) is 0 Å². The van der Waals surface area contributed by atoms with E-state index in [0.29, 0.717) is 0 Å². The fraction of sp³-hybridized carbons (Fsp3) is 1.00. The zero-order valence-corrected chi connectivity index (χ0v) is 7.02. The highest BCUT2D eigenvalue weighted by Gasteiger charge is 1.71. The third-order valence-corrected chi connectivity index (χ3v) is 0.604. The second-order valence-electron chi connectivity index (χ2n) is 1.40. The summed E-state index contributed by atoms with van der Waals surface area (Å²) >= 11 is -3.65. The molecule has 0 unspecified atom stereocenters. The van der Waals surface area contributed by atoms with Crippen molar-refractivity contribution < 1.29 is 33.1 Å². The van der Waals surface area contributed by atoms with Crippen molar-refractivity contribution in [2.24, 2.45) is 0 Å². The summed E-state index contributed by atoms with van der Waals surface area (Å²) in [5, 5.41) is 0. The lowest BCUT2D eigenvalue weighted by Gasteiger charge is -1.85. The molecule has 0 atom stereocenters. The van der Waals surface area contributed by atoms with Crippen molar-refractivity contribution in [3.05, 3.63) is 0 Å². The Morgan fingerprint density at radius 2 is 1.67 bits per heavy atom. The Hall–Kier alpha value is 0.320. The molecule has 0 radical (unpaired) electrons. The van der Waals surface area contributed by atoms with Gasteiger partial charge in [-0.2, -0.15) is 0 Å². The molecule has 0 fully saturated rings. The molecule has 3 N–H and O–H groups in total. The van der Waals surface area contributed by atoms with Crippen molar-refractivity contribution >= 4 is 0 Å². The lowest BCUT2D eigenvalue weighted by atomic mass is 10.3. The van der Waals surface area contributed by atoms with Gasteiger partial charge in [0.2, 0.25) is 14.8 Å². The number of rotatable bonds is 2. The molecule has 5 heteroatoms. The Morgan fingerprint density at radius 3 is 1.67 bits per heavy atom. The maximum atomic E-state index is 8.52. The van der Waals surface area contributed by atoms with Crippen molar-refractivity contribution in [3.63, 3.8) is 0 Å². The molecule has 0 aliphatic rings. The molecule has 0 saturated carbocycles. The molecule has 0 amide bonds. The van der Waals surface area contributed by atoms with Gasteiger partial charge in [0.1, 0.15) is 0 Å². The molecule has 0 heterocycles. The summed E-state index contributed by atoms with van der Waals surface area (Å²) < 4.78 is 25.6. The fourth-order valence-electron chi connectivity index (χ4n) is 0.250. The van der Waals surface area contributed by atoms with Gasteiger partial charge in [0.25, 0.3) is 0 Å². The molecule has 58 valence electrons. The lowest BCUT2D eigenvalue weighted by molar-refractivity contribution is -1.73. The van der Waals surface area contributed by atoms with E-state index in [4.69, 9.17) is 12.6 Å². The molecule has 0 aliphatic heterocycles. The van der Waals surface area contributed by atoms with Crippen LogP contribution in [0.2, 0.25) is 0 Å². The molecular formula is C4H12BrNO3. The molecule has 4 nitrogen and oxygen atoms in total. The van der Waals surface area contributed by atoms with Crippen LogP contribution in [0.1, 0.15) is 19.8 Å². The molecule has 0 saturated heterocycles. The van der Waals surface area contributed by atoms with E-state index in [0.717, 1.165) is 6.54 Å². The van der Waals surface area contributed by atoms with Crippen LogP contribution < -0.4 is 18.3 Å². The normalized spacial score (nSPS) is 8.67. The van der Waals surface area contributed by atoms with Crippen LogP contribution in [0.5, 0.6) is 0 Å². The molecule has 0 bridgehead atoms. The number of quaternary nitrogens is 1. The van der Waals surface area contributed by atoms with Crippen LogP contribution in [0.3, 0.4) is 0 Å².